The standard InChI is InChI=1S/C15H20N3O3P/c19-12-1-2-13-14(9-12)16-10-17-15(13)18-6-3-11(4-7-18)5-8-22(20)21/h1-2,9-11,19-21H,3-8H2. The van der Waals surface area contributed by atoms with Crippen LogP contribution in [-0.2, 0) is 0 Å². The molecule has 3 rings (SSSR count). The van der Waals surface area contributed by atoms with Crippen LogP contribution < -0.4 is 4.90 Å². The molecule has 7 heteroatoms. The molecule has 3 N–H and O–H groups in total. The summed E-state index contributed by atoms with van der Waals surface area (Å²) in [6, 6.07) is 5.17. The first-order chi connectivity index (χ1) is 10.6. The summed E-state index contributed by atoms with van der Waals surface area (Å²) in [5, 5.41) is 10.5. The number of hydrogen-bond donors (Lipinski definition) is 3. The number of aromatic nitrogens is 2. The van der Waals surface area contributed by atoms with Crippen molar-refractivity contribution in [3.63, 3.8) is 0 Å². The number of phenols is 1. The van der Waals surface area contributed by atoms with E-state index in [0.29, 0.717) is 12.1 Å². The van der Waals surface area contributed by atoms with Gasteiger partial charge < -0.3 is 19.8 Å². The molecule has 2 heterocycles. The van der Waals surface area contributed by atoms with Gasteiger partial charge in [0, 0.05) is 30.7 Å². The zero-order valence-electron chi connectivity index (χ0n) is 12.3. The van der Waals surface area contributed by atoms with E-state index in [2.05, 4.69) is 14.9 Å². The molecule has 0 spiro atoms. The number of anilines is 1. The second-order valence-electron chi connectivity index (χ2n) is 5.71. The minimum atomic E-state index is -1.76. The molecule has 0 atom stereocenters. The van der Waals surface area contributed by atoms with Gasteiger partial charge in [-0.1, -0.05) is 0 Å². The van der Waals surface area contributed by atoms with Gasteiger partial charge in [0.2, 0.25) is 0 Å². The molecular formula is C15H20N3O3P. The molecule has 0 bridgehead atoms. The Morgan fingerprint density at radius 2 is 1.95 bits per heavy atom. The Labute approximate surface area is 130 Å². The molecule has 1 aromatic carbocycles. The zero-order chi connectivity index (χ0) is 15.5. The van der Waals surface area contributed by atoms with Crippen molar-refractivity contribution in [3.8, 4) is 5.75 Å². The number of benzene rings is 1. The lowest BCUT2D eigenvalue weighted by atomic mass is 9.94. The molecule has 22 heavy (non-hydrogen) atoms. The Hall–Kier alpha value is -1.49. The van der Waals surface area contributed by atoms with Crippen LogP contribution in [0, 0.1) is 5.92 Å². The summed E-state index contributed by atoms with van der Waals surface area (Å²) in [6.07, 6.45) is 4.99. The van der Waals surface area contributed by atoms with Crippen molar-refractivity contribution in [1.82, 2.24) is 9.97 Å². The van der Waals surface area contributed by atoms with Gasteiger partial charge in [-0.25, -0.2) is 9.97 Å². The molecule has 1 saturated heterocycles. The van der Waals surface area contributed by atoms with E-state index >= 15 is 0 Å². The van der Waals surface area contributed by atoms with Crippen LogP contribution in [0.1, 0.15) is 19.3 Å². The highest BCUT2D eigenvalue weighted by molar-refractivity contribution is 7.45. The number of phenolic OH excluding ortho intramolecular Hbond substituents is 1. The lowest BCUT2D eigenvalue weighted by Gasteiger charge is -2.33. The third-order valence-corrected chi connectivity index (χ3v) is 4.91. The van der Waals surface area contributed by atoms with Crippen LogP contribution in [0.3, 0.4) is 0 Å². The third kappa shape index (κ3) is 3.46. The fourth-order valence-corrected chi connectivity index (χ4v) is 3.61. The Bertz CT molecular complexity index is 645. The van der Waals surface area contributed by atoms with E-state index < -0.39 is 8.38 Å². The molecule has 0 radical (unpaired) electrons. The largest absolute Gasteiger partial charge is 0.508 e. The summed E-state index contributed by atoms with van der Waals surface area (Å²) >= 11 is 0. The van der Waals surface area contributed by atoms with E-state index in [1.807, 2.05) is 6.07 Å². The van der Waals surface area contributed by atoms with Crippen molar-refractivity contribution in [2.45, 2.75) is 19.3 Å². The predicted molar refractivity (Wildman–Crippen MR) is 87.0 cm³/mol. The van der Waals surface area contributed by atoms with E-state index in [1.165, 1.54) is 6.33 Å². The first-order valence-electron chi connectivity index (χ1n) is 7.47. The van der Waals surface area contributed by atoms with Crippen LogP contribution >= 0.6 is 8.38 Å². The van der Waals surface area contributed by atoms with Crippen LogP contribution in [0.5, 0.6) is 5.75 Å². The Kier molecular flexibility index (Phi) is 4.71. The van der Waals surface area contributed by atoms with Crippen molar-refractivity contribution in [2.24, 2.45) is 5.92 Å². The first-order valence-corrected chi connectivity index (χ1v) is 8.90. The second kappa shape index (κ2) is 6.73. The molecule has 0 saturated carbocycles. The molecule has 1 aromatic heterocycles. The first kappa shape index (κ1) is 15.4. The number of nitrogens with zero attached hydrogens (tertiary/aromatic N) is 3. The molecular weight excluding hydrogens is 301 g/mol. The van der Waals surface area contributed by atoms with E-state index in [4.69, 9.17) is 9.79 Å². The van der Waals surface area contributed by atoms with Crippen molar-refractivity contribution in [1.29, 1.82) is 0 Å². The Morgan fingerprint density at radius 3 is 2.68 bits per heavy atom. The average Bonchev–Trinajstić information content (AvgIpc) is 2.52. The van der Waals surface area contributed by atoms with Gasteiger partial charge >= 0.3 is 0 Å². The lowest BCUT2D eigenvalue weighted by molar-refractivity contribution is 0.386. The highest BCUT2D eigenvalue weighted by atomic mass is 31.2. The molecule has 0 amide bonds. The summed E-state index contributed by atoms with van der Waals surface area (Å²) < 4.78 is 0. The van der Waals surface area contributed by atoms with Gasteiger partial charge in [0.1, 0.15) is 17.9 Å². The highest BCUT2D eigenvalue weighted by Gasteiger charge is 2.22. The molecule has 1 fully saturated rings. The number of hydrogen-bond acceptors (Lipinski definition) is 6. The maximum Gasteiger partial charge on any atom is 0.164 e. The van der Waals surface area contributed by atoms with Crippen molar-refractivity contribution >= 4 is 25.1 Å². The summed E-state index contributed by atoms with van der Waals surface area (Å²) in [7, 11) is -1.76. The second-order valence-corrected chi connectivity index (χ2v) is 6.91. The van der Waals surface area contributed by atoms with Crippen LogP contribution in [0.4, 0.5) is 5.82 Å². The van der Waals surface area contributed by atoms with Gasteiger partial charge in [-0.15, -0.1) is 0 Å². The quantitative estimate of drug-likeness (QED) is 0.748. The van der Waals surface area contributed by atoms with E-state index in [0.717, 1.165) is 49.1 Å². The van der Waals surface area contributed by atoms with Gasteiger partial charge in [-0.2, -0.15) is 0 Å². The topological polar surface area (TPSA) is 89.7 Å². The smallest absolute Gasteiger partial charge is 0.164 e. The van der Waals surface area contributed by atoms with Gasteiger partial charge in [0.25, 0.3) is 0 Å². The van der Waals surface area contributed by atoms with Crippen molar-refractivity contribution in [3.05, 3.63) is 24.5 Å². The molecule has 2 aromatic rings. The molecule has 0 aliphatic carbocycles. The minimum Gasteiger partial charge on any atom is -0.508 e. The van der Waals surface area contributed by atoms with Gasteiger partial charge in [-0.3, -0.25) is 0 Å². The van der Waals surface area contributed by atoms with Crippen molar-refractivity contribution < 1.29 is 14.9 Å². The van der Waals surface area contributed by atoms with Crippen molar-refractivity contribution in [2.75, 3.05) is 24.2 Å². The summed E-state index contributed by atoms with van der Waals surface area (Å²) in [6.45, 7) is 1.82. The molecule has 1 aliphatic rings. The van der Waals surface area contributed by atoms with E-state index in [-0.39, 0.29) is 5.75 Å². The number of rotatable bonds is 4. The third-order valence-electron chi connectivity index (χ3n) is 4.25. The SMILES string of the molecule is Oc1ccc2c(N3CCC(CCP(O)O)CC3)ncnc2c1. The average molecular weight is 321 g/mol. The van der Waals surface area contributed by atoms with E-state index in [9.17, 15) is 5.11 Å². The van der Waals surface area contributed by atoms with E-state index in [1.54, 1.807) is 12.1 Å². The fourth-order valence-electron chi connectivity index (χ4n) is 3.01. The molecule has 0 unspecified atom stereocenters. The molecule has 1 aliphatic heterocycles. The van der Waals surface area contributed by atoms with Crippen LogP contribution in [0.2, 0.25) is 0 Å². The number of aromatic hydroxyl groups is 1. The summed E-state index contributed by atoms with van der Waals surface area (Å²) in [5.41, 5.74) is 0.748. The predicted octanol–water partition coefficient (Wildman–Crippen LogP) is 2.24. The normalized spacial score (nSPS) is 16.6. The Morgan fingerprint density at radius 1 is 1.18 bits per heavy atom. The molecule has 6 nitrogen and oxygen atoms in total. The van der Waals surface area contributed by atoms with Gasteiger partial charge in [0.15, 0.2) is 8.38 Å². The summed E-state index contributed by atoms with van der Waals surface area (Å²) in [4.78, 5) is 28.9. The Balaban J connectivity index is 1.71. The number of piperidine rings is 1. The fraction of sp³-hybridized carbons (Fsp3) is 0.467. The molecule has 118 valence electrons. The number of fused-ring (bicyclic) bond motifs is 1. The van der Waals surface area contributed by atoms with Crippen LogP contribution in [-0.4, -0.2) is 44.1 Å². The lowest BCUT2D eigenvalue weighted by Crippen LogP contribution is -2.34. The van der Waals surface area contributed by atoms with Gasteiger partial charge in [0.05, 0.1) is 5.52 Å². The van der Waals surface area contributed by atoms with Crippen LogP contribution in [0.15, 0.2) is 24.5 Å². The highest BCUT2D eigenvalue weighted by Crippen LogP contribution is 2.32. The maximum atomic E-state index is 9.56. The minimum absolute atomic E-state index is 0.209. The van der Waals surface area contributed by atoms with Gasteiger partial charge in [-0.05, 0) is 37.3 Å². The maximum absolute atomic E-state index is 9.56. The monoisotopic (exact) mass is 321 g/mol. The zero-order valence-corrected chi connectivity index (χ0v) is 13.2. The van der Waals surface area contributed by atoms with Crippen LogP contribution in [0.25, 0.3) is 10.9 Å². The summed E-state index contributed by atoms with van der Waals surface area (Å²) in [5.74, 6) is 1.67.